The highest BCUT2D eigenvalue weighted by Gasteiger charge is 2.34. The summed E-state index contributed by atoms with van der Waals surface area (Å²) in [4.78, 5) is 42.1. The molecule has 3 unspecified atom stereocenters. The van der Waals surface area contributed by atoms with Crippen LogP contribution in [-0.2, 0) is 14.4 Å². The van der Waals surface area contributed by atoms with Crippen molar-refractivity contribution in [2.45, 2.75) is 110 Å². The van der Waals surface area contributed by atoms with Crippen molar-refractivity contribution in [1.29, 1.82) is 0 Å². The van der Waals surface area contributed by atoms with Crippen LogP contribution in [0.2, 0.25) is 0 Å². The van der Waals surface area contributed by atoms with Crippen LogP contribution in [0.5, 0.6) is 0 Å². The quantitative estimate of drug-likeness (QED) is 0.372. The van der Waals surface area contributed by atoms with Crippen LogP contribution in [0.4, 0.5) is 0 Å². The van der Waals surface area contributed by atoms with Crippen LogP contribution in [0, 0.1) is 5.92 Å². The third-order valence-corrected chi connectivity index (χ3v) is 6.66. The number of carbonyl (C=O) groups is 3. The zero-order valence-electron chi connectivity index (χ0n) is 21.0. The Morgan fingerprint density at radius 1 is 0.969 bits per heavy atom. The normalized spacial score (nSPS) is 18.3. The number of nitrogens with two attached hydrogens (primary N) is 1. The molecule has 1 fully saturated rings. The third kappa shape index (κ3) is 9.88. The van der Waals surface area contributed by atoms with Gasteiger partial charge in [0.2, 0.25) is 17.7 Å². The Balaban J connectivity index is 2.58. The van der Waals surface area contributed by atoms with Crippen LogP contribution >= 0.6 is 0 Å². The highest BCUT2D eigenvalue weighted by Crippen LogP contribution is 2.17. The van der Waals surface area contributed by atoms with E-state index in [1.165, 1.54) is 19.3 Å². The second-order valence-corrected chi connectivity index (χ2v) is 9.41. The second-order valence-electron chi connectivity index (χ2n) is 9.41. The number of unbranched alkanes of at least 4 members (excludes halogenated alkanes) is 6. The molecule has 32 heavy (non-hydrogen) atoms. The molecule has 0 aromatic heterocycles. The fraction of sp³-hybridized carbons (Fsp3) is 0.880. The standard InChI is InChI=1S/C25H48N4O3/c1-5-7-8-9-12-15-23(31)29-18-17-28(19-21(29)4)25(32)24(20(3)6-2)27-22(30)14-11-10-13-16-26/h20-21,24H,5-19,26H2,1-4H3,(H,27,30). The topological polar surface area (TPSA) is 95.7 Å². The molecule has 1 saturated heterocycles. The molecule has 1 heterocycles. The first-order valence-electron chi connectivity index (χ1n) is 12.9. The fourth-order valence-electron chi connectivity index (χ4n) is 4.28. The Labute approximate surface area is 195 Å². The van der Waals surface area contributed by atoms with E-state index in [9.17, 15) is 14.4 Å². The van der Waals surface area contributed by atoms with E-state index in [-0.39, 0.29) is 29.7 Å². The van der Waals surface area contributed by atoms with Gasteiger partial charge in [-0.1, -0.05) is 59.3 Å². The lowest BCUT2D eigenvalue weighted by molar-refractivity contribution is -0.145. The van der Waals surface area contributed by atoms with Crippen molar-refractivity contribution in [3.05, 3.63) is 0 Å². The molecule has 0 bridgehead atoms. The molecule has 0 aromatic rings. The van der Waals surface area contributed by atoms with Crippen LogP contribution in [0.15, 0.2) is 0 Å². The largest absolute Gasteiger partial charge is 0.344 e. The number of nitrogens with zero attached hydrogens (tertiary/aromatic N) is 2. The Hall–Kier alpha value is -1.63. The fourth-order valence-corrected chi connectivity index (χ4v) is 4.28. The van der Waals surface area contributed by atoms with E-state index < -0.39 is 6.04 Å². The summed E-state index contributed by atoms with van der Waals surface area (Å²) >= 11 is 0. The second kappa shape index (κ2) is 16.1. The molecule has 3 N–H and O–H groups in total. The molecule has 1 aliphatic rings. The van der Waals surface area contributed by atoms with E-state index in [1.54, 1.807) is 0 Å². The third-order valence-electron chi connectivity index (χ3n) is 6.66. The molecule has 3 amide bonds. The minimum atomic E-state index is -0.505. The summed E-state index contributed by atoms with van der Waals surface area (Å²) in [6, 6.07) is -0.504. The van der Waals surface area contributed by atoms with Crippen molar-refractivity contribution in [1.82, 2.24) is 15.1 Å². The van der Waals surface area contributed by atoms with Crippen LogP contribution < -0.4 is 11.1 Å². The molecule has 7 heteroatoms. The first kappa shape index (κ1) is 28.4. The van der Waals surface area contributed by atoms with Gasteiger partial charge in [0.15, 0.2) is 0 Å². The first-order valence-corrected chi connectivity index (χ1v) is 12.9. The summed E-state index contributed by atoms with van der Waals surface area (Å²) in [6.07, 6.45) is 10.1. The summed E-state index contributed by atoms with van der Waals surface area (Å²) in [6.45, 7) is 10.5. The van der Waals surface area contributed by atoms with Gasteiger partial charge in [0, 0.05) is 38.5 Å². The van der Waals surface area contributed by atoms with Crippen LogP contribution in [0.3, 0.4) is 0 Å². The Kier molecular flexibility index (Phi) is 14.3. The van der Waals surface area contributed by atoms with Gasteiger partial charge in [0.05, 0.1) is 0 Å². The van der Waals surface area contributed by atoms with Gasteiger partial charge in [-0.3, -0.25) is 14.4 Å². The number of hydrogen-bond donors (Lipinski definition) is 2. The molecule has 1 aliphatic heterocycles. The van der Waals surface area contributed by atoms with Gasteiger partial charge in [-0.2, -0.15) is 0 Å². The molecule has 0 spiro atoms. The lowest BCUT2D eigenvalue weighted by atomic mass is 9.96. The maximum absolute atomic E-state index is 13.3. The van der Waals surface area contributed by atoms with E-state index in [4.69, 9.17) is 5.73 Å². The minimum absolute atomic E-state index is 0.000360. The van der Waals surface area contributed by atoms with Crippen molar-refractivity contribution in [2.24, 2.45) is 11.7 Å². The molecular formula is C25H48N4O3. The van der Waals surface area contributed by atoms with Crippen LogP contribution in [-0.4, -0.2) is 65.8 Å². The van der Waals surface area contributed by atoms with Gasteiger partial charge in [0.1, 0.15) is 6.04 Å². The maximum atomic E-state index is 13.3. The van der Waals surface area contributed by atoms with E-state index in [0.717, 1.165) is 38.5 Å². The first-order chi connectivity index (χ1) is 15.3. The summed E-state index contributed by atoms with van der Waals surface area (Å²) in [5.41, 5.74) is 5.51. The molecule has 0 aliphatic carbocycles. The number of piperazine rings is 1. The van der Waals surface area contributed by atoms with Crippen molar-refractivity contribution in [2.75, 3.05) is 26.2 Å². The molecule has 0 aromatic carbocycles. The van der Waals surface area contributed by atoms with E-state index in [0.29, 0.717) is 39.0 Å². The Morgan fingerprint density at radius 3 is 2.25 bits per heavy atom. The van der Waals surface area contributed by atoms with E-state index in [2.05, 4.69) is 12.2 Å². The molecule has 1 rings (SSSR count). The van der Waals surface area contributed by atoms with Crippen molar-refractivity contribution in [3.8, 4) is 0 Å². The van der Waals surface area contributed by atoms with Gasteiger partial charge >= 0.3 is 0 Å². The van der Waals surface area contributed by atoms with Gasteiger partial charge in [-0.05, 0) is 38.6 Å². The van der Waals surface area contributed by atoms with E-state index >= 15 is 0 Å². The van der Waals surface area contributed by atoms with E-state index in [1.807, 2.05) is 30.6 Å². The highest BCUT2D eigenvalue weighted by atomic mass is 16.2. The van der Waals surface area contributed by atoms with Gasteiger partial charge in [-0.15, -0.1) is 0 Å². The minimum Gasteiger partial charge on any atom is -0.344 e. The average Bonchev–Trinajstić information content (AvgIpc) is 2.79. The van der Waals surface area contributed by atoms with Crippen molar-refractivity contribution >= 4 is 17.7 Å². The molecule has 0 saturated carbocycles. The molecule has 0 radical (unpaired) electrons. The van der Waals surface area contributed by atoms with Crippen molar-refractivity contribution in [3.63, 3.8) is 0 Å². The average molecular weight is 453 g/mol. The molecular weight excluding hydrogens is 404 g/mol. The van der Waals surface area contributed by atoms with Gasteiger partial charge in [0.25, 0.3) is 0 Å². The number of amides is 3. The number of carbonyl (C=O) groups excluding carboxylic acids is 3. The lowest BCUT2D eigenvalue weighted by Crippen LogP contribution is -2.60. The summed E-state index contributed by atoms with van der Waals surface area (Å²) in [7, 11) is 0. The Morgan fingerprint density at radius 2 is 1.62 bits per heavy atom. The van der Waals surface area contributed by atoms with Gasteiger partial charge < -0.3 is 20.9 Å². The zero-order valence-corrected chi connectivity index (χ0v) is 21.0. The number of hydrogen-bond acceptors (Lipinski definition) is 4. The van der Waals surface area contributed by atoms with Crippen LogP contribution in [0.25, 0.3) is 0 Å². The maximum Gasteiger partial charge on any atom is 0.245 e. The number of nitrogens with one attached hydrogen (secondary N) is 1. The summed E-state index contributed by atoms with van der Waals surface area (Å²) in [5, 5.41) is 2.99. The smallest absolute Gasteiger partial charge is 0.245 e. The molecule has 186 valence electrons. The monoisotopic (exact) mass is 452 g/mol. The van der Waals surface area contributed by atoms with Gasteiger partial charge in [-0.25, -0.2) is 0 Å². The SMILES string of the molecule is CCCCCCCC(=O)N1CCN(C(=O)C(NC(=O)CCCCCN)C(C)CC)CC1C. The predicted molar refractivity (Wildman–Crippen MR) is 130 cm³/mol. The number of rotatable bonds is 15. The molecule has 3 atom stereocenters. The lowest BCUT2D eigenvalue weighted by Gasteiger charge is -2.41. The summed E-state index contributed by atoms with van der Waals surface area (Å²) in [5.74, 6) is 0.178. The summed E-state index contributed by atoms with van der Waals surface area (Å²) < 4.78 is 0. The predicted octanol–water partition coefficient (Wildman–Crippen LogP) is 3.46. The zero-order chi connectivity index (χ0) is 23.9. The molecule has 7 nitrogen and oxygen atoms in total. The Bertz CT molecular complexity index is 569. The van der Waals surface area contributed by atoms with Crippen LogP contribution in [0.1, 0.15) is 98.3 Å². The highest BCUT2D eigenvalue weighted by molar-refractivity contribution is 5.88. The van der Waals surface area contributed by atoms with Crippen molar-refractivity contribution < 1.29 is 14.4 Å².